The molecule has 0 spiro atoms. The Morgan fingerprint density at radius 2 is 1.74 bits per heavy atom. The summed E-state index contributed by atoms with van der Waals surface area (Å²) in [5, 5.41) is 6.57. The van der Waals surface area contributed by atoms with Crippen molar-refractivity contribution in [2.75, 3.05) is 17.7 Å². The Bertz CT molecular complexity index is 911. The molecule has 0 aliphatic rings. The molecule has 1 heterocycles. The Labute approximate surface area is 158 Å². The van der Waals surface area contributed by atoms with E-state index in [-0.39, 0.29) is 12.0 Å². The molecule has 0 aliphatic carbocycles. The second-order valence-electron chi connectivity index (χ2n) is 6.19. The molecular formula is C21H22N4O2. The van der Waals surface area contributed by atoms with Gasteiger partial charge in [0.1, 0.15) is 5.82 Å². The first-order valence-electron chi connectivity index (χ1n) is 8.68. The maximum absolute atomic E-state index is 11.5. The Morgan fingerprint density at radius 1 is 1.04 bits per heavy atom. The lowest BCUT2D eigenvalue weighted by Crippen LogP contribution is -2.10. The molecule has 2 aromatic carbocycles. The lowest BCUT2D eigenvalue weighted by Gasteiger charge is -2.15. The molecular weight excluding hydrogens is 340 g/mol. The predicted molar refractivity (Wildman–Crippen MR) is 106 cm³/mol. The van der Waals surface area contributed by atoms with Crippen LogP contribution in [-0.4, -0.2) is 23.0 Å². The summed E-state index contributed by atoms with van der Waals surface area (Å²) >= 11 is 0. The zero-order chi connectivity index (χ0) is 19.2. The Kier molecular flexibility index (Phi) is 5.66. The van der Waals surface area contributed by atoms with Crippen molar-refractivity contribution < 1.29 is 9.53 Å². The molecule has 138 valence electrons. The van der Waals surface area contributed by atoms with Crippen molar-refractivity contribution in [2.24, 2.45) is 0 Å². The van der Waals surface area contributed by atoms with Crippen LogP contribution in [0.1, 0.15) is 34.6 Å². The summed E-state index contributed by atoms with van der Waals surface area (Å²) in [6, 6.07) is 19.1. The molecule has 0 aliphatic heterocycles. The third-order valence-corrected chi connectivity index (χ3v) is 4.08. The van der Waals surface area contributed by atoms with E-state index >= 15 is 0 Å². The first-order chi connectivity index (χ1) is 13.0. The van der Waals surface area contributed by atoms with Crippen molar-refractivity contribution >= 4 is 23.4 Å². The number of methoxy groups -OCH3 is 1. The van der Waals surface area contributed by atoms with Crippen molar-refractivity contribution in [1.29, 1.82) is 0 Å². The van der Waals surface area contributed by atoms with Gasteiger partial charge in [-0.2, -0.15) is 4.98 Å². The molecule has 0 fully saturated rings. The first kappa shape index (κ1) is 18.4. The summed E-state index contributed by atoms with van der Waals surface area (Å²) in [6.07, 6.45) is 0. The van der Waals surface area contributed by atoms with E-state index in [1.807, 2.05) is 43.3 Å². The van der Waals surface area contributed by atoms with Crippen LogP contribution in [0.5, 0.6) is 0 Å². The number of ether oxygens (including phenoxy) is 1. The van der Waals surface area contributed by atoms with Crippen molar-refractivity contribution in [1.82, 2.24) is 9.97 Å². The Balaban J connectivity index is 1.74. The van der Waals surface area contributed by atoms with Crippen LogP contribution in [0.4, 0.5) is 17.5 Å². The third-order valence-electron chi connectivity index (χ3n) is 4.08. The Hall–Kier alpha value is -3.41. The number of hydrogen-bond donors (Lipinski definition) is 2. The number of rotatable bonds is 6. The molecule has 6 nitrogen and oxygen atoms in total. The van der Waals surface area contributed by atoms with Gasteiger partial charge in [0.25, 0.3) is 0 Å². The average Bonchev–Trinajstić information content (AvgIpc) is 2.68. The van der Waals surface area contributed by atoms with Crippen LogP contribution < -0.4 is 10.6 Å². The van der Waals surface area contributed by atoms with Crippen LogP contribution in [0.25, 0.3) is 0 Å². The molecule has 27 heavy (non-hydrogen) atoms. The van der Waals surface area contributed by atoms with E-state index in [0.29, 0.717) is 17.3 Å². The normalized spacial score (nSPS) is 11.5. The largest absolute Gasteiger partial charge is 0.465 e. The second-order valence-corrected chi connectivity index (χ2v) is 6.19. The summed E-state index contributed by atoms with van der Waals surface area (Å²) in [6.45, 7) is 3.99. The third kappa shape index (κ3) is 4.82. The number of aryl methyl sites for hydroxylation is 1. The SMILES string of the molecule is COC(=O)c1ccc(Nc2cc(C)nc(NC(C)c3ccccc3)n2)cc1. The summed E-state index contributed by atoms with van der Waals surface area (Å²) in [5.41, 5.74) is 3.33. The van der Waals surface area contributed by atoms with E-state index in [9.17, 15) is 4.79 Å². The highest BCUT2D eigenvalue weighted by Gasteiger charge is 2.09. The van der Waals surface area contributed by atoms with E-state index in [1.54, 1.807) is 12.1 Å². The van der Waals surface area contributed by atoms with E-state index in [2.05, 4.69) is 39.7 Å². The minimum absolute atomic E-state index is 0.0835. The van der Waals surface area contributed by atoms with Gasteiger partial charge in [0.15, 0.2) is 0 Å². The molecule has 1 unspecified atom stereocenters. The minimum Gasteiger partial charge on any atom is -0.465 e. The summed E-state index contributed by atoms with van der Waals surface area (Å²) in [4.78, 5) is 20.5. The summed E-state index contributed by atoms with van der Waals surface area (Å²) in [7, 11) is 1.36. The number of hydrogen-bond acceptors (Lipinski definition) is 6. The predicted octanol–water partition coefficient (Wildman–Crippen LogP) is 4.49. The number of nitrogens with one attached hydrogen (secondary N) is 2. The molecule has 6 heteroatoms. The number of esters is 1. The van der Waals surface area contributed by atoms with Gasteiger partial charge in [0.05, 0.1) is 18.7 Å². The second kappa shape index (κ2) is 8.31. The van der Waals surface area contributed by atoms with Crippen molar-refractivity contribution in [3.8, 4) is 0 Å². The first-order valence-corrected chi connectivity index (χ1v) is 8.68. The maximum Gasteiger partial charge on any atom is 0.337 e. The fourth-order valence-corrected chi connectivity index (χ4v) is 2.67. The van der Waals surface area contributed by atoms with Gasteiger partial charge in [-0.1, -0.05) is 30.3 Å². The number of benzene rings is 2. The standard InChI is InChI=1S/C21H22N4O2/c1-14-13-19(24-18-11-9-17(10-12-18)20(26)27-3)25-21(22-14)23-15(2)16-7-5-4-6-8-16/h4-13,15H,1-3H3,(H2,22,23,24,25). The monoisotopic (exact) mass is 362 g/mol. The Morgan fingerprint density at radius 3 is 2.41 bits per heavy atom. The van der Waals surface area contributed by atoms with E-state index < -0.39 is 0 Å². The fourth-order valence-electron chi connectivity index (χ4n) is 2.67. The highest BCUT2D eigenvalue weighted by molar-refractivity contribution is 5.89. The molecule has 0 amide bonds. The topological polar surface area (TPSA) is 76.1 Å². The summed E-state index contributed by atoms with van der Waals surface area (Å²) < 4.78 is 4.71. The van der Waals surface area contributed by atoms with Crippen LogP contribution in [0.15, 0.2) is 60.7 Å². The lowest BCUT2D eigenvalue weighted by atomic mass is 10.1. The van der Waals surface area contributed by atoms with Crippen LogP contribution in [-0.2, 0) is 4.74 Å². The molecule has 2 N–H and O–H groups in total. The number of nitrogens with zero attached hydrogens (tertiary/aromatic N) is 2. The van der Waals surface area contributed by atoms with Crippen molar-refractivity contribution in [3.63, 3.8) is 0 Å². The zero-order valence-corrected chi connectivity index (χ0v) is 15.6. The summed E-state index contributed by atoms with van der Waals surface area (Å²) in [5.74, 6) is 0.872. The van der Waals surface area contributed by atoms with Crippen LogP contribution >= 0.6 is 0 Å². The molecule has 0 radical (unpaired) electrons. The van der Waals surface area contributed by atoms with E-state index in [1.165, 1.54) is 7.11 Å². The molecule has 0 saturated carbocycles. The zero-order valence-electron chi connectivity index (χ0n) is 15.6. The van der Waals surface area contributed by atoms with Gasteiger partial charge in [-0.3, -0.25) is 0 Å². The highest BCUT2D eigenvalue weighted by atomic mass is 16.5. The van der Waals surface area contributed by atoms with Crippen LogP contribution in [0.2, 0.25) is 0 Å². The number of anilines is 3. The minimum atomic E-state index is -0.360. The van der Waals surface area contributed by atoms with Gasteiger partial charge in [-0.25, -0.2) is 9.78 Å². The van der Waals surface area contributed by atoms with Crippen LogP contribution in [0, 0.1) is 6.92 Å². The number of aromatic nitrogens is 2. The number of carbonyl (C=O) groups excluding carboxylic acids is 1. The highest BCUT2D eigenvalue weighted by Crippen LogP contribution is 2.21. The lowest BCUT2D eigenvalue weighted by molar-refractivity contribution is 0.0601. The van der Waals surface area contributed by atoms with Gasteiger partial charge in [-0.05, 0) is 43.7 Å². The van der Waals surface area contributed by atoms with Crippen LogP contribution in [0.3, 0.4) is 0 Å². The molecule has 3 aromatic rings. The molecule has 0 saturated heterocycles. The van der Waals surface area contributed by atoms with E-state index in [4.69, 9.17) is 4.74 Å². The number of carbonyl (C=O) groups is 1. The molecule has 3 rings (SSSR count). The molecule has 1 aromatic heterocycles. The fraction of sp³-hybridized carbons (Fsp3) is 0.190. The van der Waals surface area contributed by atoms with Gasteiger partial charge in [0, 0.05) is 17.4 Å². The van der Waals surface area contributed by atoms with Gasteiger partial charge < -0.3 is 15.4 Å². The van der Waals surface area contributed by atoms with Gasteiger partial charge in [0.2, 0.25) is 5.95 Å². The van der Waals surface area contributed by atoms with Crippen molar-refractivity contribution in [3.05, 3.63) is 77.5 Å². The molecule has 0 bridgehead atoms. The molecule has 1 atom stereocenters. The quantitative estimate of drug-likeness (QED) is 0.629. The van der Waals surface area contributed by atoms with Crippen molar-refractivity contribution in [2.45, 2.75) is 19.9 Å². The van der Waals surface area contributed by atoms with Gasteiger partial charge >= 0.3 is 5.97 Å². The smallest absolute Gasteiger partial charge is 0.337 e. The average molecular weight is 362 g/mol. The maximum atomic E-state index is 11.5. The van der Waals surface area contributed by atoms with E-state index in [0.717, 1.165) is 16.9 Å². The van der Waals surface area contributed by atoms with Gasteiger partial charge in [-0.15, -0.1) is 0 Å².